The molecule has 0 aliphatic heterocycles. The molecule has 0 unspecified atom stereocenters. The Bertz CT molecular complexity index is 821. The average Bonchev–Trinajstić information content (AvgIpc) is 3.16. The number of nitrogens with one attached hydrogen (secondary N) is 1. The van der Waals surface area contributed by atoms with Crippen LogP contribution in [0.15, 0.2) is 53.5 Å². The summed E-state index contributed by atoms with van der Waals surface area (Å²) in [6.45, 7) is 0.286. The molecule has 1 N–H and O–H groups in total. The molecule has 0 saturated carbocycles. The molecule has 0 spiro atoms. The third-order valence-corrected chi connectivity index (χ3v) is 3.82. The number of rotatable bonds is 6. The number of carbonyl (C=O) groups excluding carboxylic acids is 1. The highest BCUT2D eigenvalue weighted by atomic mass is 32.1. The molecule has 3 rings (SSSR count). The maximum atomic E-state index is 12.0. The Morgan fingerprint density at radius 3 is 2.75 bits per heavy atom. The first-order valence-electron chi connectivity index (χ1n) is 7.19. The Kier molecular flexibility index (Phi) is 5.02. The van der Waals surface area contributed by atoms with Crippen LogP contribution >= 0.6 is 11.3 Å². The van der Waals surface area contributed by atoms with Crippen molar-refractivity contribution in [1.82, 2.24) is 15.3 Å². The molecule has 2 aromatic heterocycles. The fourth-order valence-corrected chi connectivity index (χ4v) is 2.58. The molecule has 0 fully saturated rings. The van der Waals surface area contributed by atoms with Gasteiger partial charge in [0.05, 0.1) is 12.6 Å². The summed E-state index contributed by atoms with van der Waals surface area (Å²) in [7, 11) is 1.58. The topological polar surface area (TPSA) is 73.3 Å². The smallest absolute Gasteiger partial charge is 0.271 e. The number of ether oxygens (including phenoxy) is 2. The number of nitrogens with zero attached hydrogens (tertiary/aromatic N) is 2. The van der Waals surface area contributed by atoms with E-state index in [1.807, 2.05) is 24.3 Å². The quantitative estimate of drug-likeness (QED) is 0.745. The first kappa shape index (κ1) is 15.9. The van der Waals surface area contributed by atoms with Gasteiger partial charge in [0.1, 0.15) is 5.69 Å². The molecule has 0 bridgehead atoms. The molecular weight excluding hydrogens is 326 g/mol. The van der Waals surface area contributed by atoms with Crippen LogP contribution in [-0.2, 0) is 6.54 Å². The van der Waals surface area contributed by atoms with Gasteiger partial charge in [0.15, 0.2) is 11.5 Å². The number of carbonyl (C=O) groups is 1. The lowest BCUT2D eigenvalue weighted by molar-refractivity contribution is 0.0946. The summed E-state index contributed by atoms with van der Waals surface area (Å²) in [5, 5.41) is 4.51. The van der Waals surface area contributed by atoms with Crippen molar-refractivity contribution >= 4 is 17.2 Å². The summed E-state index contributed by atoms with van der Waals surface area (Å²) in [4.78, 5) is 20.2. The zero-order valence-corrected chi connectivity index (χ0v) is 13.7. The highest BCUT2D eigenvalue weighted by molar-refractivity contribution is 7.07. The van der Waals surface area contributed by atoms with Crippen LogP contribution in [0.5, 0.6) is 17.4 Å². The molecule has 6 nitrogen and oxygen atoms in total. The lowest BCUT2D eigenvalue weighted by Gasteiger charge is -2.12. The van der Waals surface area contributed by atoms with Crippen molar-refractivity contribution in [2.45, 2.75) is 6.54 Å². The van der Waals surface area contributed by atoms with Crippen molar-refractivity contribution < 1.29 is 14.3 Å². The van der Waals surface area contributed by atoms with E-state index in [1.165, 1.54) is 11.3 Å². The molecule has 1 amide bonds. The van der Waals surface area contributed by atoms with Gasteiger partial charge in [-0.3, -0.25) is 4.79 Å². The van der Waals surface area contributed by atoms with Gasteiger partial charge >= 0.3 is 0 Å². The van der Waals surface area contributed by atoms with Crippen LogP contribution in [0.4, 0.5) is 0 Å². The molecule has 0 aliphatic carbocycles. The number of hydrogen-bond donors (Lipinski definition) is 1. The summed E-state index contributed by atoms with van der Waals surface area (Å²) < 4.78 is 11.1. The second-order valence-electron chi connectivity index (χ2n) is 4.78. The van der Waals surface area contributed by atoms with E-state index in [2.05, 4.69) is 15.3 Å². The van der Waals surface area contributed by atoms with Crippen LogP contribution in [0.3, 0.4) is 0 Å². The van der Waals surface area contributed by atoms with Gasteiger partial charge in [0.25, 0.3) is 5.91 Å². The van der Waals surface area contributed by atoms with E-state index in [-0.39, 0.29) is 12.5 Å². The number of amides is 1. The van der Waals surface area contributed by atoms with E-state index >= 15 is 0 Å². The van der Waals surface area contributed by atoms with Crippen LogP contribution in [0, 0.1) is 0 Å². The standard InChI is InChI=1S/C17H15N3O3S/c1-22-14-6-2-3-7-15(14)23-17-12(5-4-8-18-17)9-19-16(21)13-10-24-11-20-13/h2-8,10-11H,9H2,1H3,(H,19,21). The first-order chi connectivity index (χ1) is 11.8. The average molecular weight is 341 g/mol. The third-order valence-electron chi connectivity index (χ3n) is 3.23. The summed E-state index contributed by atoms with van der Waals surface area (Å²) >= 11 is 1.38. The second kappa shape index (κ2) is 7.56. The van der Waals surface area contributed by atoms with Gasteiger partial charge in [0, 0.05) is 23.7 Å². The number of pyridine rings is 1. The van der Waals surface area contributed by atoms with Crippen molar-refractivity contribution in [3.8, 4) is 17.4 Å². The number of thiazole rings is 1. The van der Waals surface area contributed by atoms with E-state index < -0.39 is 0 Å². The molecule has 2 heterocycles. The minimum absolute atomic E-state index is 0.233. The van der Waals surface area contributed by atoms with Gasteiger partial charge < -0.3 is 14.8 Å². The molecule has 1 aromatic carbocycles. The Balaban J connectivity index is 1.74. The summed E-state index contributed by atoms with van der Waals surface area (Å²) in [5.74, 6) is 1.36. The van der Waals surface area contributed by atoms with Crippen LogP contribution in [-0.4, -0.2) is 23.0 Å². The van der Waals surface area contributed by atoms with Crippen molar-refractivity contribution in [2.75, 3.05) is 7.11 Å². The SMILES string of the molecule is COc1ccccc1Oc1ncccc1CNC(=O)c1cscn1. The van der Waals surface area contributed by atoms with Crippen LogP contribution < -0.4 is 14.8 Å². The summed E-state index contributed by atoms with van der Waals surface area (Å²) in [6.07, 6.45) is 1.64. The number of aromatic nitrogens is 2. The predicted molar refractivity (Wildman–Crippen MR) is 90.6 cm³/mol. The molecule has 24 heavy (non-hydrogen) atoms. The molecule has 0 atom stereocenters. The molecule has 0 saturated heterocycles. The molecule has 122 valence electrons. The summed E-state index contributed by atoms with van der Waals surface area (Å²) in [5.41, 5.74) is 2.78. The Labute approximate surface area is 143 Å². The number of para-hydroxylation sites is 2. The molecule has 0 radical (unpaired) electrons. The van der Waals surface area contributed by atoms with Gasteiger partial charge in [-0.15, -0.1) is 11.3 Å². The Hall–Kier alpha value is -2.93. The van der Waals surface area contributed by atoms with Gasteiger partial charge in [-0.1, -0.05) is 18.2 Å². The van der Waals surface area contributed by atoms with E-state index in [0.717, 1.165) is 5.56 Å². The Morgan fingerprint density at radius 2 is 2.00 bits per heavy atom. The van der Waals surface area contributed by atoms with Crippen LogP contribution in [0.2, 0.25) is 0 Å². The van der Waals surface area contributed by atoms with E-state index in [4.69, 9.17) is 9.47 Å². The van der Waals surface area contributed by atoms with Gasteiger partial charge in [-0.25, -0.2) is 9.97 Å². The lowest BCUT2D eigenvalue weighted by Crippen LogP contribution is -2.23. The van der Waals surface area contributed by atoms with Crippen molar-refractivity contribution in [3.05, 3.63) is 64.7 Å². The van der Waals surface area contributed by atoms with Gasteiger partial charge in [-0.05, 0) is 18.2 Å². The molecule has 3 aromatic rings. The number of hydrogen-bond acceptors (Lipinski definition) is 6. The fraction of sp³-hybridized carbons (Fsp3) is 0.118. The van der Waals surface area contributed by atoms with Crippen molar-refractivity contribution in [2.24, 2.45) is 0 Å². The van der Waals surface area contributed by atoms with Gasteiger partial charge in [0.2, 0.25) is 5.88 Å². The number of benzene rings is 1. The second-order valence-corrected chi connectivity index (χ2v) is 5.50. The highest BCUT2D eigenvalue weighted by Crippen LogP contribution is 2.31. The Morgan fingerprint density at radius 1 is 1.17 bits per heavy atom. The number of methoxy groups -OCH3 is 1. The van der Waals surface area contributed by atoms with E-state index in [0.29, 0.717) is 23.1 Å². The van der Waals surface area contributed by atoms with Gasteiger partial charge in [-0.2, -0.15) is 0 Å². The van der Waals surface area contributed by atoms with Crippen LogP contribution in [0.25, 0.3) is 0 Å². The predicted octanol–water partition coefficient (Wildman–Crippen LogP) is 3.27. The minimum atomic E-state index is -0.233. The normalized spacial score (nSPS) is 10.2. The molecular formula is C17H15N3O3S. The van der Waals surface area contributed by atoms with Crippen molar-refractivity contribution in [1.29, 1.82) is 0 Å². The summed E-state index contributed by atoms with van der Waals surface area (Å²) in [6, 6.07) is 11.0. The van der Waals surface area contributed by atoms with E-state index in [1.54, 1.807) is 36.3 Å². The zero-order chi connectivity index (χ0) is 16.8. The fourth-order valence-electron chi connectivity index (χ4n) is 2.05. The molecule has 7 heteroatoms. The lowest BCUT2D eigenvalue weighted by atomic mass is 10.2. The zero-order valence-electron chi connectivity index (χ0n) is 12.9. The monoisotopic (exact) mass is 341 g/mol. The largest absolute Gasteiger partial charge is 0.493 e. The minimum Gasteiger partial charge on any atom is -0.493 e. The molecule has 0 aliphatic rings. The van der Waals surface area contributed by atoms with Crippen LogP contribution in [0.1, 0.15) is 16.1 Å². The maximum Gasteiger partial charge on any atom is 0.271 e. The maximum absolute atomic E-state index is 12.0. The third kappa shape index (κ3) is 3.69. The van der Waals surface area contributed by atoms with E-state index in [9.17, 15) is 4.79 Å². The highest BCUT2D eigenvalue weighted by Gasteiger charge is 2.12. The first-order valence-corrected chi connectivity index (χ1v) is 8.13. The van der Waals surface area contributed by atoms with Crippen molar-refractivity contribution in [3.63, 3.8) is 0 Å².